The Morgan fingerprint density at radius 3 is 2.50 bits per heavy atom. The van der Waals surface area contributed by atoms with E-state index in [1.54, 1.807) is 12.1 Å². The van der Waals surface area contributed by atoms with Gasteiger partial charge in [0.25, 0.3) is 0 Å². The first-order valence-corrected chi connectivity index (χ1v) is 11.7. The van der Waals surface area contributed by atoms with Crippen LogP contribution < -0.4 is 0 Å². The molecule has 132 valence electrons. The van der Waals surface area contributed by atoms with Gasteiger partial charge in [-0.25, -0.2) is 4.79 Å². The largest absolute Gasteiger partial charge is 0.455 e. The lowest BCUT2D eigenvalue weighted by Gasteiger charge is -2.38. The van der Waals surface area contributed by atoms with Crippen LogP contribution in [0.15, 0.2) is 42.5 Å². The standard InChI is InChI=1S/C20H30O3Si/c1-20(2,3)24(4,5)22-15-16-10-9-13-18(14-16)23-19(21)17-11-7-6-8-12-17/h6-9,11-13,16,18H,10,14-15H2,1-5H3/t16-,18-/m1/s1. The van der Waals surface area contributed by atoms with Crippen molar-refractivity contribution in [2.24, 2.45) is 5.92 Å². The molecular weight excluding hydrogens is 316 g/mol. The zero-order valence-corrected chi connectivity index (χ0v) is 16.5. The highest BCUT2D eigenvalue weighted by Crippen LogP contribution is 2.37. The first-order valence-electron chi connectivity index (χ1n) is 8.76. The Labute approximate surface area is 147 Å². The Hall–Kier alpha value is -1.39. The van der Waals surface area contributed by atoms with Crippen molar-refractivity contribution in [2.45, 2.75) is 57.8 Å². The molecule has 0 fully saturated rings. The highest BCUT2D eigenvalue weighted by atomic mass is 28.4. The van der Waals surface area contributed by atoms with Gasteiger partial charge in [0.1, 0.15) is 6.10 Å². The van der Waals surface area contributed by atoms with Gasteiger partial charge in [0.2, 0.25) is 0 Å². The fraction of sp³-hybridized carbons (Fsp3) is 0.550. The van der Waals surface area contributed by atoms with E-state index in [4.69, 9.17) is 9.16 Å². The Morgan fingerprint density at radius 1 is 1.21 bits per heavy atom. The number of hydrogen-bond donors (Lipinski definition) is 0. The predicted octanol–water partition coefficient (Wildman–Crippen LogP) is 5.20. The molecule has 1 aliphatic rings. The van der Waals surface area contributed by atoms with E-state index in [0.29, 0.717) is 11.5 Å². The van der Waals surface area contributed by atoms with E-state index >= 15 is 0 Å². The SMILES string of the molecule is CC(C)(C)[Si](C)(C)OC[C@@H]1CC=C[C@@H](OC(=O)c2ccccc2)C1. The van der Waals surface area contributed by atoms with Crippen molar-refractivity contribution in [3.63, 3.8) is 0 Å². The molecule has 0 aromatic heterocycles. The van der Waals surface area contributed by atoms with Crippen molar-refractivity contribution in [1.82, 2.24) is 0 Å². The molecule has 2 atom stereocenters. The fourth-order valence-corrected chi connectivity index (χ4v) is 3.56. The molecule has 0 bridgehead atoms. The van der Waals surface area contributed by atoms with Gasteiger partial charge in [-0.15, -0.1) is 0 Å². The van der Waals surface area contributed by atoms with Crippen LogP contribution in [0.1, 0.15) is 44.0 Å². The second-order valence-corrected chi connectivity index (χ2v) is 13.0. The van der Waals surface area contributed by atoms with Crippen LogP contribution in [0.5, 0.6) is 0 Å². The van der Waals surface area contributed by atoms with Crippen LogP contribution in [0, 0.1) is 5.92 Å². The van der Waals surface area contributed by atoms with Crippen LogP contribution in [0.3, 0.4) is 0 Å². The molecule has 4 heteroatoms. The van der Waals surface area contributed by atoms with E-state index < -0.39 is 8.32 Å². The number of allylic oxidation sites excluding steroid dienone is 1. The molecule has 0 spiro atoms. The van der Waals surface area contributed by atoms with Crippen LogP contribution in [0.25, 0.3) is 0 Å². The zero-order valence-electron chi connectivity index (χ0n) is 15.5. The lowest BCUT2D eigenvalue weighted by atomic mass is 9.93. The lowest BCUT2D eigenvalue weighted by molar-refractivity contribution is 0.0314. The van der Waals surface area contributed by atoms with Gasteiger partial charge in [-0.05, 0) is 55.1 Å². The maximum atomic E-state index is 12.2. The summed E-state index contributed by atoms with van der Waals surface area (Å²) in [5.41, 5.74) is 0.602. The highest BCUT2D eigenvalue weighted by molar-refractivity contribution is 6.74. The van der Waals surface area contributed by atoms with E-state index in [9.17, 15) is 4.79 Å². The minimum Gasteiger partial charge on any atom is -0.455 e. The quantitative estimate of drug-likeness (QED) is 0.417. The summed E-state index contributed by atoms with van der Waals surface area (Å²) in [6, 6.07) is 9.16. The summed E-state index contributed by atoms with van der Waals surface area (Å²) < 4.78 is 12.0. The molecule has 2 rings (SSSR count). The van der Waals surface area contributed by atoms with Crippen molar-refractivity contribution >= 4 is 14.3 Å². The van der Waals surface area contributed by atoms with E-state index in [2.05, 4.69) is 39.9 Å². The van der Waals surface area contributed by atoms with E-state index in [-0.39, 0.29) is 17.1 Å². The summed E-state index contributed by atoms with van der Waals surface area (Å²) in [7, 11) is -1.73. The molecule has 3 nitrogen and oxygen atoms in total. The minimum atomic E-state index is -1.73. The van der Waals surface area contributed by atoms with Crippen molar-refractivity contribution in [2.75, 3.05) is 6.61 Å². The Morgan fingerprint density at radius 2 is 1.88 bits per heavy atom. The van der Waals surface area contributed by atoms with Gasteiger partial charge >= 0.3 is 5.97 Å². The Bertz CT molecular complexity index is 572. The second-order valence-electron chi connectivity index (χ2n) is 8.15. The molecule has 0 amide bonds. The summed E-state index contributed by atoms with van der Waals surface area (Å²) in [6.45, 7) is 12.1. The van der Waals surface area contributed by atoms with Crippen LogP contribution in [0.4, 0.5) is 0 Å². The monoisotopic (exact) mass is 346 g/mol. The summed E-state index contributed by atoms with van der Waals surface area (Å²) >= 11 is 0. The van der Waals surface area contributed by atoms with Gasteiger partial charge < -0.3 is 9.16 Å². The molecule has 1 aliphatic carbocycles. The first kappa shape index (κ1) is 18.9. The number of rotatable bonds is 5. The smallest absolute Gasteiger partial charge is 0.338 e. The molecule has 0 saturated carbocycles. The van der Waals surface area contributed by atoms with Gasteiger partial charge in [-0.2, -0.15) is 0 Å². The molecule has 24 heavy (non-hydrogen) atoms. The highest BCUT2D eigenvalue weighted by Gasteiger charge is 2.37. The maximum absolute atomic E-state index is 12.2. The third-order valence-electron chi connectivity index (χ3n) is 5.14. The number of carbonyl (C=O) groups excluding carboxylic acids is 1. The normalized spacial score (nSPS) is 21.5. The van der Waals surface area contributed by atoms with Crippen molar-refractivity contribution < 1.29 is 14.0 Å². The number of hydrogen-bond acceptors (Lipinski definition) is 3. The lowest BCUT2D eigenvalue weighted by Crippen LogP contribution is -2.42. The second kappa shape index (κ2) is 7.66. The average Bonchev–Trinajstić information content (AvgIpc) is 2.53. The van der Waals surface area contributed by atoms with Gasteiger partial charge in [-0.1, -0.05) is 45.0 Å². The average molecular weight is 347 g/mol. The van der Waals surface area contributed by atoms with Crippen LogP contribution in [0.2, 0.25) is 18.1 Å². The molecule has 1 aromatic carbocycles. The minimum absolute atomic E-state index is 0.153. The first-order chi connectivity index (χ1) is 11.2. The van der Waals surface area contributed by atoms with Crippen molar-refractivity contribution in [1.29, 1.82) is 0 Å². The zero-order chi connectivity index (χ0) is 17.8. The Balaban J connectivity index is 1.87. The summed E-state index contributed by atoms with van der Waals surface area (Å²) in [6.07, 6.45) is 5.80. The molecule has 0 N–H and O–H groups in total. The number of esters is 1. The van der Waals surface area contributed by atoms with Crippen LogP contribution in [-0.4, -0.2) is 27.0 Å². The summed E-state index contributed by atoms with van der Waals surface area (Å²) in [4.78, 5) is 12.2. The van der Waals surface area contributed by atoms with E-state index in [0.717, 1.165) is 19.4 Å². The Kier molecular flexibility index (Phi) is 6.05. The number of benzene rings is 1. The number of ether oxygens (including phenoxy) is 1. The van der Waals surface area contributed by atoms with Gasteiger partial charge in [0, 0.05) is 6.61 Å². The molecule has 0 radical (unpaired) electrons. The third kappa shape index (κ3) is 5.05. The van der Waals surface area contributed by atoms with E-state index in [1.807, 2.05) is 24.3 Å². The van der Waals surface area contributed by atoms with Gasteiger partial charge in [0.15, 0.2) is 8.32 Å². The van der Waals surface area contributed by atoms with Crippen molar-refractivity contribution in [3.05, 3.63) is 48.0 Å². The molecule has 0 aliphatic heterocycles. The molecule has 0 heterocycles. The van der Waals surface area contributed by atoms with Crippen LogP contribution in [-0.2, 0) is 9.16 Å². The summed E-state index contributed by atoms with van der Waals surface area (Å²) in [5.74, 6) is 0.161. The molecule has 0 saturated heterocycles. The topological polar surface area (TPSA) is 35.5 Å². The van der Waals surface area contributed by atoms with Crippen molar-refractivity contribution in [3.8, 4) is 0 Å². The van der Waals surface area contributed by atoms with Gasteiger partial charge in [0.05, 0.1) is 5.56 Å². The fourth-order valence-electron chi connectivity index (χ4n) is 2.47. The number of carbonyl (C=O) groups is 1. The third-order valence-corrected chi connectivity index (χ3v) is 9.64. The summed E-state index contributed by atoms with van der Waals surface area (Å²) in [5, 5.41) is 0.219. The maximum Gasteiger partial charge on any atom is 0.338 e. The molecule has 0 unspecified atom stereocenters. The van der Waals surface area contributed by atoms with E-state index in [1.165, 1.54) is 0 Å². The molecular formula is C20H30O3Si. The van der Waals surface area contributed by atoms with Crippen LogP contribution >= 0.6 is 0 Å². The van der Waals surface area contributed by atoms with Gasteiger partial charge in [-0.3, -0.25) is 0 Å². The molecule has 1 aromatic rings. The predicted molar refractivity (Wildman–Crippen MR) is 101 cm³/mol.